The summed E-state index contributed by atoms with van der Waals surface area (Å²) in [5, 5.41) is 0. The van der Waals surface area contributed by atoms with Crippen molar-refractivity contribution in [2.75, 3.05) is 33.7 Å². The maximum Gasteiger partial charge on any atom is 0.0386 e. The van der Waals surface area contributed by atoms with Gasteiger partial charge < -0.3 is 9.80 Å². The molecule has 1 aliphatic rings. The zero-order chi connectivity index (χ0) is 14.4. The van der Waals surface area contributed by atoms with Gasteiger partial charge in [0.1, 0.15) is 0 Å². The zero-order valence-corrected chi connectivity index (χ0v) is 13.5. The molecule has 4 nitrogen and oxygen atoms in total. The molecule has 3 N–H and O–H groups in total. The fourth-order valence-corrected chi connectivity index (χ4v) is 3.41. The van der Waals surface area contributed by atoms with Gasteiger partial charge in [-0.15, -0.1) is 0 Å². The minimum Gasteiger partial charge on any atom is -0.305 e. The molecule has 19 heavy (non-hydrogen) atoms. The molecule has 1 rings (SSSR count). The van der Waals surface area contributed by atoms with E-state index in [1.54, 1.807) is 0 Å². The Kier molecular flexibility index (Phi) is 7.29. The second-order valence-electron chi connectivity index (χ2n) is 6.91. The van der Waals surface area contributed by atoms with Crippen molar-refractivity contribution in [2.45, 2.75) is 52.1 Å². The topological polar surface area (TPSA) is 44.5 Å². The van der Waals surface area contributed by atoms with Crippen molar-refractivity contribution in [1.82, 2.24) is 15.2 Å². The molecule has 0 saturated carbocycles. The molecule has 1 heterocycles. The maximum absolute atomic E-state index is 5.85. The summed E-state index contributed by atoms with van der Waals surface area (Å²) in [4.78, 5) is 4.92. The third kappa shape index (κ3) is 5.78. The maximum atomic E-state index is 5.85. The average molecular weight is 270 g/mol. The van der Waals surface area contributed by atoms with Crippen molar-refractivity contribution < 1.29 is 0 Å². The largest absolute Gasteiger partial charge is 0.305 e. The number of rotatable bonds is 6. The van der Waals surface area contributed by atoms with Crippen LogP contribution < -0.4 is 11.3 Å². The van der Waals surface area contributed by atoms with E-state index in [9.17, 15) is 0 Å². The van der Waals surface area contributed by atoms with Crippen LogP contribution in [0.5, 0.6) is 0 Å². The minimum absolute atomic E-state index is 0.388. The second kappa shape index (κ2) is 8.20. The summed E-state index contributed by atoms with van der Waals surface area (Å²) in [6.07, 6.45) is 3.70. The van der Waals surface area contributed by atoms with E-state index in [-0.39, 0.29) is 0 Å². The highest BCUT2D eigenvalue weighted by atomic mass is 15.3. The van der Waals surface area contributed by atoms with Crippen LogP contribution in [-0.2, 0) is 0 Å². The fraction of sp³-hybridized carbons (Fsp3) is 1.00. The second-order valence-corrected chi connectivity index (χ2v) is 6.91. The van der Waals surface area contributed by atoms with Crippen LogP contribution in [0.1, 0.15) is 40.0 Å². The third-order valence-corrected chi connectivity index (χ3v) is 4.32. The quantitative estimate of drug-likeness (QED) is 0.567. The highest BCUT2D eigenvalue weighted by Gasteiger charge is 2.28. The molecule has 1 saturated heterocycles. The van der Waals surface area contributed by atoms with Crippen LogP contribution in [0.4, 0.5) is 0 Å². The molecule has 0 radical (unpaired) electrons. The van der Waals surface area contributed by atoms with Gasteiger partial charge in [-0.25, -0.2) is 0 Å². The summed E-state index contributed by atoms with van der Waals surface area (Å²) in [5.41, 5.74) is 3.09. The highest BCUT2D eigenvalue weighted by molar-refractivity contribution is 4.87. The van der Waals surface area contributed by atoms with E-state index in [2.05, 4.69) is 50.1 Å². The Morgan fingerprint density at radius 2 is 1.84 bits per heavy atom. The van der Waals surface area contributed by atoms with Crippen LogP contribution >= 0.6 is 0 Å². The van der Waals surface area contributed by atoms with Crippen molar-refractivity contribution >= 4 is 0 Å². The molecule has 0 amide bonds. The first-order chi connectivity index (χ1) is 8.93. The molecule has 114 valence electrons. The predicted molar refractivity (Wildman–Crippen MR) is 82.9 cm³/mol. The number of likely N-dealkylation sites (N-methyl/N-ethyl adjacent to an activating group) is 2. The van der Waals surface area contributed by atoms with Crippen LogP contribution in [-0.4, -0.2) is 55.6 Å². The van der Waals surface area contributed by atoms with Crippen molar-refractivity contribution in [3.05, 3.63) is 0 Å². The van der Waals surface area contributed by atoms with E-state index in [0.717, 1.165) is 24.8 Å². The number of nitrogens with two attached hydrogens (primary N) is 1. The van der Waals surface area contributed by atoms with Gasteiger partial charge in [0.15, 0.2) is 0 Å². The van der Waals surface area contributed by atoms with Crippen molar-refractivity contribution in [1.29, 1.82) is 0 Å². The minimum atomic E-state index is 0.388. The lowest BCUT2D eigenvalue weighted by Crippen LogP contribution is -2.54. The Morgan fingerprint density at radius 3 is 2.42 bits per heavy atom. The van der Waals surface area contributed by atoms with Crippen molar-refractivity contribution in [2.24, 2.45) is 17.7 Å². The van der Waals surface area contributed by atoms with E-state index in [0.29, 0.717) is 12.1 Å². The number of nitrogens with zero attached hydrogens (tertiary/aromatic N) is 2. The standard InChI is InChI=1S/C15H34N4/c1-12(2)9-13(3)10-14(17-16)15-11-18(4)7-6-8-19(15)5/h12-15,17H,6-11,16H2,1-5H3. The lowest BCUT2D eigenvalue weighted by Gasteiger charge is -2.35. The van der Waals surface area contributed by atoms with Gasteiger partial charge in [-0.3, -0.25) is 11.3 Å². The van der Waals surface area contributed by atoms with Crippen LogP contribution in [0, 0.1) is 11.8 Å². The van der Waals surface area contributed by atoms with Gasteiger partial charge in [-0.1, -0.05) is 20.8 Å². The molecule has 0 bridgehead atoms. The molecule has 1 aliphatic heterocycles. The Labute approximate surface area is 119 Å². The summed E-state index contributed by atoms with van der Waals surface area (Å²) >= 11 is 0. The highest BCUT2D eigenvalue weighted by Crippen LogP contribution is 2.20. The normalized spacial score (nSPS) is 26.4. The Bertz CT molecular complexity index is 244. The first kappa shape index (κ1) is 16.9. The number of nitrogens with one attached hydrogen (secondary N) is 1. The molecule has 0 spiro atoms. The molecular formula is C15H34N4. The molecule has 3 unspecified atom stereocenters. The van der Waals surface area contributed by atoms with Gasteiger partial charge in [-0.2, -0.15) is 0 Å². The van der Waals surface area contributed by atoms with E-state index in [1.165, 1.54) is 25.9 Å². The van der Waals surface area contributed by atoms with Crippen molar-refractivity contribution in [3.63, 3.8) is 0 Å². The molecular weight excluding hydrogens is 236 g/mol. The average Bonchev–Trinajstić information content (AvgIpc) is 2.47. The van der Waals surface area contributed by atoms with Crippen LogP contribution in [0.3, 0.4) is 0 Å². The summed E-state index contributed by atoms with van der Waals surface area (Å²) < 4.78 is 0. The summed E-state index contributed by atoms with van der Waals surface area (Å²) in [7, 11) is 4.46. The van der Waals surface area contributed by atoms with Gasteiger partial charge >= 0.3 is 0 Å². The fourth-order valence-electron chi connectivity index (χ4n) is 3.41. The molecule has 0 aliphatic carbocycles. The summed E-state index contributed by atoms with van der Waals surface area (Å²) in [5.74, 6) is 7.34. The molecule has 3 atom stereocenters. The third-order valence-electron chi connectivity index (χ3n) is 4.32. The number of hydrogen-bond acceptors (Lipinski definition) is 4. The monoisotopic (exact) mass is 270 g/mol. The molecule has 4 heteroatoms. The van der Waals surface area contributed by atoms with Crippen LogP contribution in [0.2, 0.25) is 0 Å². The molecule has 0 aromatic carbocycles. The van der Waals surface area contributed by atoms with Crippen molar-refractivity contribution in [3.8, 4) is 0 Å². The molecule has 0 aromatic heterocycles. The number of hydrazine groups is 1. The Hall–Kier alpha value is -0.160. The van der Waals surface area contributed by atoms with Gasteiger partial charge in [-0.05, 0) is 58.3 Å². The zero-order valence-electron chi connectivity index (χ0n) is 13.5. The SMILES string of the molecule is CC(C)CC(C)CC(NN)C1CN(C)CCCN1C. The van der Waals surface area contributed by atoms with E-state index in [1.807, 2.05) is 0 Å². The van der Waals surface area contributed by atoms with Crippen LogP contribution in [0.15, 0.2) is 0 Å². The van der Waals surface area contributed by atoms with Gasteiger partial charge in [0.25, 0.3) is 0 Å². The van der Waals surface area contributed by atoms with E-state index < -0.39 is 0 Å². The number of hydrogen-bond donors (Lipinski definition) is 2. The smallest absolute Gasteiger partial charge is 0.0386 e. The lowest BCUT2D eigenvalue weighted by atomic mass is 9.89. The van der Waals surface area contributed by atoms with Gasteiger partial charge in [0.2, 0.25) is 0 Å². The predicted octanol–water partition coefficient (Wildman–Crippen LogP) is 1.53. The van der Waals surface area contributed by atoms with E-state index in [4.69, 9.17) is 5.84 Å². The Balaban J connectivity index is 2.60. The summed E-state index contributed by atoms with van der Waals surface area (Å²) in [6, 6.07) is 0.909. The molecule has 0 aromatic rings. The first-order valence-electron chi connectivity index (χ1n) is 7.79. The lowest BCUT2D eigenvalue weighted by molar-refractivity contribution is 0.160. The van der Waals surface area contributed by atoms with Crippen LogP contribution in [0.25, 0.3) is 0 Å². The summed E-state index contributed by atoms with van der Waals surface area (Å²) in [6.45, 7) is 10.4. The van der Waals surface area contributed by atoms with Gasteiger partial charge in [0.05, 0.1) is 0 Å². The van der Waals surface area contributed by atoms with Gasteiger partial charge in [0, 0.05) is 18.6 Å². The first-order valence-corrected chi connectivity index (χ1v) is 7.79. The molecule has 1 fully saturated rings. The van der Waals surface area contributed by atoms with E-state index >= 15 is 0 Å². The Morgan fingerprint density at radius 1 is 1.16 bits per heavy atom.